The van der Waals surface area contributed by atoms with Gasteiger partial charge in [-0.25, -0.2) is 9.97 Å². The first kappa shape index (κ1) is 21.9. The Kier molecular flexibility index (Phi) is 7.93. The Morgan fingerprint density at radius 2 is 2.00 bits per heavy atom. The van der Waals surface area contributed by atoms with E-state index in [1.807, 2.05) is 6.92 Å². The fraction of sp³-hybridized carbons (Fsp3) is 0.739. The SMILES string of the molecule is C1COCCN1.CC(O)CC1CCc2sc3ncnc(OC4CCCCC4)c3c2C1. The lowest BCUT2D eigenvalue weighted by Crippen LogP contribution is -2.30. The van der Waals surface area contributed by atoms with Crippen molar-refractivity contribution in [3.63, 3.8) is 0 Å². The minimum atomic E-state index is -0.226. The van der Waals surface area contributed by atoms with Crippen molar-refractivity contribution in [2.45, 2.75) is 76.9 Å². The van der Waals surface area contributed by atoms with Crippen LogP contribution in [-0.4, -0.2) is 53.6 Å². The molecule has 0 amide bonds. The zero-order valence-corrected chi connectivity index (χ0v) is 18.9. The second-order valence-corrected chi connectivity index (χ2v) is 9.88. The maximum atomic E-state index is 9.74. The highest BCUT2D eigenvalue weighted by Gasteiger charge is 2.27. The van der Waals surface area contributed by atoms with Gasteiger partial charge in [0.05, 0.1) is 24.7 Å². The summed E-state index contributed by atoms with van der Waals surface area (Å²) in [4.78, 5) is 11.5. The van der Waals surface area contributed by atoms with Crippen LogP contribution in [-0.2, 0) is 17.6 Å². The molecule has 2 aromatic rings. The smallest absolute Gasteiger partial charge is 0.225 e. The average molecular weight is 434 g/mol. The molecule has 1 saturated heterocycles. The van der Waals surface area contributed by atoms with Crippen molar-refractivity contribution >= 4 is 21.6 Å². The van der Waals surface area contributed by atoms with Gasteiger partial charge >= 0.3 is 0 Å². The number of hydrogen-bond acceptors (Lipinski definition) is 7. The molecule has 2 atom stereocenters. The fourth-order valence-corrected chi connectivity index (χ4v) is 5.96. The van der Waals surface area contributed by atoms with E-state index in [9.17, 15) is 5.11 Å². The van der Waals surface area contributed by atoms with Crippen molar-refractivity contribution in [3.05, 3.63) is 16.8 Å². The number of ether oxygens (including phenoxy) is 2. The van der Waals surface area contributed by atoms with Crippen LogP contribution in [0.3, 0.4) is 0 Å². The van der Waals surface area contributed by atoms with E-state index in [0.29, 0.717) is 12.0 Å². The summed E-state index contributed by atoms with van der Waals surface area (Å²) in [5, 5.41) is 14.1. The van der Waals surface area contributed by atoms with Crippen molar-refractivity contribution in [2.24, 2.45) is 5.92 Å². The molecule has 30 heavy (non-hydrogen) atoms. The van der Waals surface area contributed by atoms with Gasteiger partial charge < -0.3 is 19.9 Å². The molecule has 6 nitrogen and oxygen atoms in total. The molecule has 2 N–H and O–H groups in total. The van der Waals surface area contributed by atoms with Gasteiger partial charge in [0.15, 0.2) is 0 Å². The van der Waals surface area contributed by atoms with Crippen LogP contribution in [0.25, 0.3) is 10.2 Å². The zero-order chi connectivity index (χ0) is 20.8. The second kappa shape index (κ2) is 10.8. The van der Waals surface area contributed by atoms with Crippen LogP contribution in [0.2, 0.25) is 0 Å². The highest BCUT2D eigenvalue weighted by atomic mass is 32.1. The maximum Gasteiger partial charge on any atom is 0.225 e. The Hall–Kier alpha value is -1.28. The third kappa shape index (κ3) is 5.69. The summed E-state index contributed by atoms with van der Waals surface area (Å²) in [6.07, 6.45) is 12.0. The second-order valence-electron chi connectivity index (χ2n) is 8.80. The Balaban J connectivity index is 0.000000313. The van der Waals surface area contributed by atoms with Gasteiger partial charge in [0.25, 0.3) is 0 Å². The van der Waals surface area contributed by atoms with E-state index >= 15 is 0 Å². The standard InChI is InChI=1S/C19H26N2O2S.C4H9NO/c1-12(22)9-13-7-8-16-15(10-13)17-18(20-11-21-19(17)24-16)23-14-5-3-2-4-6-14;1-3-6-4-2-5-1/h11-14,22H,2-10H2,1H3;5H,1-4H2. The zero-order valence-electron chi connectivity index (χ0n) is 18.1. The van der Waals surface area contributed by atoms with Crippen molar-refractivity contribution in [2.75, 3.05) is 26.3 Å². The molecule has 0 spiro atoms. The number of hydrogen-bond donors (Lipinski definition) is 2. The van der Waals surface area contributed by atoms with Crippen LogP contribution < -0.4 is 10.1 Å². The number of fused-ring (bicyclic) bond motifs is 3. The lowest BCUT2D eigenvalue weighted by molar-refractivity contribution is 0.109. The topological polar surface area (TPSA) is 76.5 Å². The summed E-state index contributed by atoms with van der Waals surface area (Å²) in [5.74, 6) is 1.35. The van der Waals surface area contributed by atoms with Crippen LogP contribution in [0.1, 0.15) is 62.3 Å². The number of aliphatic hydroxyl groups excluding tert-OH is 1. The summed E-state index contributed by atoms with van der Waals surface area (Å²) < 4.78 is 11.3. The van der Waals surface area contributed by atoms with Crippen molar-refractivity contribution in [3.8, 4) is 5.88 Å². The predicted octanol–water partition coefficient (Wildman–Crippen LogP) is 3.88. The number of aromatic nitrogens is 2. The first-order valence-corrected chi connectivity index (χ1v) is 12.4. The Labute approximate surface area is 183 Å². The third-order valence-corrected chi connectivity index (χ3v) is 7.46. The molecule has 1 aliphatic heterocycles. The normalized spacial score (nSPS) is 23.3. The van der Waals surface area contributed by atoms with E-state index in [4.69, 9.17) is 9.47 Å². The number of aliphatic hydroxyl groups is 1. The number of nitrogens with one attached hydrogen (secondary N) is 1. The van der Waals surface area contributed by atoms with Crippen molar-refractivity contribution in [1.29, 1.82) is 0 Å². The molecule has 166 valence electrons. The van der Waals surface area contributed by atoms with E-state index in [1.165, 1.54) is 29.7 Å². The third-order valence-electron chi connectivity index (χ3n) is 6.26. The van der Waals surface area contributed by atoms with Gasteiger partial charge in [-0.3, -0.25) is 0 Å². The maximum absolute atomic E-state index is 9.74. The lowest BCUT2D eigenvalue weighted by Gasteiger charge is -2.25. The van der Waals surface area contributed by atoms with Crippen LogP contribution >= 0.6 is 11.3 Å². The molecule has 2 fully saturated rings. The molecule has 0 bridgehead atoms. The quantitative estimate of drug-likeness (QED) is 0.762. The Bertz CT molecular complexity index is 789. The van der Waals surface area contributed by atoms with E-state index in [-0.39, 0.29) is 6.10 Å². The molecule has 2 unspecified atom stereocenters. The molecule has 5 rings (SSSR count). The molecular formula is C23H35N3O3S. The molecule has 3 heterocycles. The molecule has 2 aliphatic carbocycles. The summed E-state index contributed by atoms with van der Waals surface area (Å²) >= 11 is 1.80. The van der Waals surface area contributed by atoms with Gasteiger partial charge in [0.1, 0.15) is 17.3 Å². The van der Waals surface area contributed by atoms with Gasteiger partial charge in [-0.15, -0.1) is 11.3 Å². The van der Waals surface area contributed by atoms with Gasteiger partial charge in [0, 0.05) is 18.0 Å². The van der Waals surface area contributed by atoms with E-state index in [1.54, 1.807) is 17.7 Å². The van der Waals surface area contributed by atoms with Gasteiger partial charge in [-0.05, 0) is 69.8 Å². The number of thiophene rings is 1. The lowest BCUT2D eigenvalue weighted by atomic mass is 9.84. The Morgan fingerprint density at radius 1 is 1.20 bits per heavy atom. The largest absolute Gasteiger partial charge is 0.474 e. The first-order valence-electron chi connectivity index (χ1n) is 11.6. The Morgan fingerprint density at radius 3 is 2.67 bits per heavy atom. The summed E-state index contributed by atoms with van der Waals surface area (Å²) in [7, 11) is 0. The van der Waals surface area contributed by atoms with Gasteiger partial charge in [-0.2, -0.15) is 0 Å². The van der Waals surface area contributed by atoms with Crippen LogP contribution in [0.15, 0.2) is 6.33 Å². The van der Waals surface area contributed by atoms with Gasteiger partial charge in [-0.1, -0.05) is 6.42 Å². The summed E-state index contributed by atoms with van der Waals surface area (Å²) in [6.45, 7) is 5.72. The monoisotopic (exact) mass is 433 g/mol. The number of aryl methyl sites for hydroxylation is 1. The highest BCUT2D eigenvalue weighted by Crippen LogP contribution is 2.42. The van der Waals surface area contributed by atoms with Crippen LogP contribution in [0.5, 0.6) is 5.88 Å². The minimum Gasteiger partial charge on any atom is -0.474 e. The summed E-state index contributed by atoms with van der Waals surface area (Å²) in [6, 6.07) is 0. The van der Waals surface area contributed by atoms with E-state index in [2.05, 4.69) is 15.3 Å². The number of nitrogens with zero attached hydrogens (tertiary/aromatic N) is 2. The molecule has 2 aromatic heterocycles. The molecule has 1 saturated carbocycles. The molecule has 7 heteroatoms. The predicted molar refractivity (Wildman–Crippen MR) is 120 cm³/mol. The number of rotatable bonds is 4. The van der Waals surface area contributed by atoms with E-state index in [0.717, 1.165) is 80.9 Å². The van der Waals surface area contributed by atoms with Crippen LogP contribution in [0, 0.1) is 5.92 Å². The minimum absolute atomic E-state index is 0.226. The fourth-order valence-electron chi connectivity index (χ4n) is 4.78. The van der Waals surface area contributed by atoms with Crippen molar-refractivity contribution in [1.82, 2.24) is 15.3 Å². The van der Waals surface area contributed by atoms with E-state index < -0.39 is 0 Å². The van der Waals surface area contributed by atoms with Gasteiger partial charge in [0.2, 0.25) is 5.88 Å². The first-order chi connectivity index (χ1) is 14.7. The highest BCUT2D eigenvalue weighted by molar-refractivity contribution is 7.18. The average Bonchev–Trinajstić information content (AvgIpc) is 3.15. The van der Waals surface area contributed by atoms with Crippen molar-refractivity contribution < 1.29 is 14.6 Å². The summed E-state index contributed by atoms with van der Waals surface area (Å²) in [5.41, 5.74) is 1.39. The number of morpholine rings is 1. The van der Waals surface area contributed by atoms with Crippen LogP contribution in [0.4, 0.5) is 0 Å². The molecule has 0 radical (unpaired) electrons. The molecular weight excluding hydrogens is 398 g/mol. The molecule has 3 aliphatic rings. The molecule has 0 aromatic carbocycles.